The molecule has 1 aromatic carbocycles. The first-order chi connectivity index (χ1) is 8.37. The molecule has 0 saturated heterocycles. The van der Waals surface area contributed by atoms with Crippen LogP contribution in [0.15, 0.2) is 24.3 Å². The van der Waals surface area contributed by atoms with E-state index >= 15 is 0 Å². The first-order valence-corrected chi connectivity index (χ1v) is 5.63. The Balaban J connectivity index is 2.81. The quantitative estimate of drug-likeness (QED) is 0.886. The molecule has 0 spiro atoms. The van der Waals surface area contributed by atoms with Crippen LogP contribution >= 0.6 is 0 Å². The molecule has 3 nitrogen and oxygen atoms in total. The van der Waals surface area contributed by atoms with Crippen LogP contribution in [0.4, 0.5) is 13.2 Å². The third-order valence-corrected chi connectivity index (χ3v) is 2.75. The average Bonchev–Trinajstić information content (AvgIpc) is 2.30. The van der Waals surface area contributed by atoms with E-state index in [1.165, 1.54) is 12.1 Å². The number of alkyl halides is 3. The number of nitrogens with two attached hydrogens (primary N) is 1. The predicted molar refractivity (Wildman–Crippen MR) is 63.2 cm³/mol. The molecule has 0 aromatic heterocycles. The van der Waals surface area contributed by atoms with E-state index in [9.17, 15) is 13.2 Å². The van der Waals surface area contributed by atoms with Crippen LogP contribution in [0.25, 0.3) is 0 Å². The van der Waals surface area contributed by atoms with Gasteiger partial charge in [-0.3, -0.25) is 4.90 Å². The Morgan fingerprint density at radius 3 is 2.22 bits per heavy atom. The molecule has 1 aromatic rings. The largest absolute Gasteiger partial charge is 0.573 e. The van der Waals surface area contributed by atoms with Gasteiger partial charge in [0.25, 0.3) is 0 Å². The van der Waals surface area contributed by atoms with Crippen molar-refractivity contribution in [2.75, 3.05) is 20.1 Å². The van der Waals surface area contributed by atoms with Gasteiger partial charge < -0.3 is 10.5 Å². The van der Waals surface area contributed by atoms with Gasteiger partial charge in [-0.2, -0.15) is 0 Å². The minimum absolute atomic E-state index is 0.00469. The SMILES string of the molecule is CCN(C)C(CN)c1ccc(OC(F)(F)F)cc1. The summed E-state index contributed by atoms with van der Waals surface area (Å²) in [4.78, 5) is 2.03. The van der Waals surface area contributed by atoms with Gasteiger partial charge >= 0.3 is 6.36 Å². The summed E-state index contributed by atoms with van der Waals surface area (Å²) in [5.74, 6) is -0.221. The van der Waals surface area contributed by atoms with E-state index in [1.54, 1.807) is 12.1 Å². The van der Waals surface area contributed by atoms with Gasteiger partial charge in [0, 0.05) is 12.6 Å². The number of halogens is 3. The maximum atomic E-state index is 12.0. The molecule has 18 heavy (non-hydrogen) atoms. The highest BCUT2D eigenvalue weighted by Crippen LogP contribution is 2.25. The lowest BCUT2D eigenvalue weighted by atomic mass is 10.1. The molecule has 0 aliphatic carbocycles. The van der Waals surface area contributed by atoms with Crippen LogP contribution in [0.2, 0.25) is 0 Å². The Labute approximate surface area is 104 Å². The summed E-state index contributed by atoms with van der Waals surface area (Å²) in [6, 6.07) is 5.80. The number of benzene rings is 1. The van der Waals surface area contributed by atoms with Gasteiger partial charge in [0.2, 0.25) is 0 Å². The molecule has 102 valence electrons. The summed E-state index contributed by atoms with van der Waals surface area (Å²) in [5.41, 5.74) is 6.54. The van der Waals surface area contributed by atoms with Crippen molar-refractivity contribution in [3.05, 3.63) is 29.8 Å². The van der Waals surface area contributed by atoms with Crippen molar-refractivity contribution in [2.45, 2.75) is 19.3 Å². The summed E-state index contributed by atoms with van der Waals surface area (Å²) in [5, 5.41) is 0. The molecule has 1 rings (SSSR count). The van der Waals surface area contributed by atoms with E-state index in [0.29, 0.717) is 6.54 Å². The van der Waals surface area contributed by atoms with Crippen LogP contribution < -0.4 is 10.5 Å². The summed E-state index contributed by atoms with van der Waals surface area (Å²) >= 11 is 0. The van der Waals surface area contributed by atoms with E-state index < -0.39 is 6.36 Å². The van der Waals surface area contributed by atoms with Crippen LogP contribution in [-0.4, -0.2) is 31.4 Å². The molecule has 0 aliphatic rings. The zero-order chi connectivity index (χ0) is 13.8. The third kappa shape index (κ3) is 4.19. The van der Waals surface area contributed by atoms with Crippen LogP contribution in [-0.2, 0) is 0 Å². The molecule has 1 unspecified atom stereocenters. The van der Waals surface area contributed by atoms with Gasteiger partial charge in [-0.05, 0) is 31.3 Å². The summed E-state index contributed by atoms with van der Waals surface area (Å²) in [6.07, 6.45) is -4.66. The minimum Gasteiger partial charge on any atom is -0.406 e. The zero-order valence-electron chi connectivity index (χ0n) is 10.4. The molecule has 0 aliphatic heterocycles. The Morgan fingerprint density at radius 1 is 1.28 bits per heavy atom. The average molecular weight is 262 g/mol. The van der Waals surface area contributed by atoms with Crippen molar-refractivity contribution < 1.29 is 17.9 Å². The predicted octanol–water partition coefficient (Wildman–Crippen LogP) is 2.54. The number of likely N-dealkylation sites (N-methyl/N-ethyl adjacent to an activating group) is 1. The van der Waals surface area contributed by atoms with Crippen LogP contribution in [0.1, 0.15) is 18.5 Å². The summed E-state index contributed by atoms with van der Waals surface area (Å²) in [7, 11) is 1.91. The molecule has 0 fully saturated rings. The monoisotopic (exact) mass is 262 g/mol. The standard InChI is InChI=1S/C12H17F3N2O/c1-3-17(2)11(8-16)9-4-6-10(7-5-9)18-12(13,14)15/h4-7,11H,3,8,16H2,1-2H3. The van der Waals surface area contributed by atoms with E-state index in [1.807, 2.05) is 18.9 Å². The van der Waals surface area contributed by atoms with E-state index in [2.05, 4.69) is 4.74 Å². The molecule has 0 heterocycles. The van der Waals surface area contributed by atoms with Crippen LogP contribution in [0.3, 0.4) is 0 Å². The van der Waals surface area contributed by atoms with Crippen molar-refractivity contribution in [2.24, 2.45) is 5.73 Å². The van der Waals surface area contributed by atoms with Crippen molar-refractivity contribution in [1.82, 2.24) is 4.90 Å². The highest BCUT2D eigenvalue weighted by molar-refractivity contribution is 5.29. The number of hydrogen-bond acceptors (Lipinski definition) is 3. The topological polar surface area (TPSA) is 38.5 Å². The van der Waals surface area contributed by atoms with Crippen molar-refractivity contribution in [3.63, 3.8) is 0 Å². The first-order valence-electron chi connectivity index (χ1n) is 5.63. The Kier molecular flexibility index (Phi) is 4.98. The maximum Gasteiger partial charge on any atom is 0.573 e. The van der Waals surface area contributed by atoms with Crippen molar-refractivity contribution in [3.8, 4) is 5.75 Å². The molecule has 1 atom stereocenters. The number of nitrogens with zero attached hydrogens (tertiary/aromatic N) is 1. The fraction of sp³-hybridized carbons (Fsp3) is 0.500. The highest BCUT2D eigenvalue weighted by Gasteiger charge is 2.31. The number of ether oxygens (including phenoxy) is 1. The van der Waals surface area contributed by atoms with Gasteiger partial charge in [0.15, 0.2) is 0 Å². The second-order valence-electron chi connectivity index (χ2n) is 3.94. The van der Waals surface area contributed by atoms with Gasteiger partial charge in [-0.15, -0.1) is 13.2 Å². The van der Waals surface area contributed by atoms with Gasteiger partial charge in [0.05, 0.1) is 0 Å². The molecular weight excluding hydrogens is 245 g/mol. The van der Waals surface area contributed by atoms with Crippen molar-refractivity contribution in [1.29, 1.82) is 0 Å². The first kappa shape index (κ1) is 14.8. The third-order valence-electron chi connectivity index (χ3n) is 2.75. The molecule has 0 bridgehead atoms. The van der Waals surface area contributed by atoms with Gasteiger partial charge in [0.1, 0.15) is 5.75 Å². The van der Waals surface area contributed by atoms with E-state index in [0.717, 1.165) is 12.1 Å². The van der Waals surface area contributed by atoms with Crippen molar-refractivity contribution >= 4 is 0 Å². The Morgan fingerprint density at radius 2 is 1.83 bits per heavy atom. The lowest BCUT2D eigenvalue weighted by Gasteiger charge is -2.26. The van der Waals surface area contributed by atoms with E-state index in [-0.39, 0.29) is 11.8 Å². The molecule has 2 N–H and O–H groups in total. The summed E-state index contributed by atoms with van der Waals surface area (Å²) in [6.45, 7) is 3.20. The highest BCUT2D eigenvalue weighted by atomic mass is 19.4. The number of rotatable bonds is 5. The molecule has 6 heteroatoms. The van der Waals surface area contributed by atoms with E-state index in [4.69, 9.17) is 5.73 Å². The lowest BCUT2D eigenvalue weighted by molar-refractivity contribution is -0.274. The lowest BCUT2D eigenvalue weighted by Crippen LogP contribution is -2.30. The van der Waals surface area contributed by atoms with Crippen LogP contribution in [0.5, 0.6) is 5.75 Å². The van der Waals surface area contributed by atoms with Gasteiger partial charge in [-0.1, -0.05) is 19.1 Å². The number of hydrogen-bond donors (Lipinski definition) is 1. The molecular formula is C12H17F3N2O. The van der Waals surface area contributed by atoms with Gasteiger partial charge in [-0.25, -0.2) is 0 Å². The maximum absolute atomic E-state index is 12.0. The summed E-state index contributed by atoms with van der Waals surface area (Å²) < 4.78 is 39.8. The molecule has 0 radical (unpaired) electrons. The fourth-order valence-corrected chi connectivity index (χ4v) is 1.68. The second kappa shape index (κ2) is 6.06. The normalized spacial score (nSPS) is 13.7. The smallest absolute Gasteiger partial charge is 0.406 e. The second-order valence-corrected chi connectivity index (χ2v) is 3.94. The Bertz CT molecular complexity index is 365. The fourth-order valence-electron chi connectivity index (χ4n) is 1.68. The molecule has 0 amide bonds. The molecule has 0 saturated carbocycles. The van der Waals surface area contributed by atoms with Crippen LogP contribution in [0, 0.1) is 0 Å². The zero-order valence-corrected chi connectivity index (χ0v) is 10.4. The minimum atomic E-state index is -4.66. The Hall–Kier alpha value is -1.27.